The van der Waals surface area contributed by atoms with Gasteiger partial charge in [-0.2, -0.15) is 0 Å². The van der Waals surface area contributed by atoms with Crippen LogP contribution in [0.4, 0.5) is 0 Å². The van der Waals surface area contributed by atoms with Gasteiger partial charge in [0.2, 0.25) is 0 Å². The fourth-order valence-corrected chi connectivity index (χ4v) is 4.36. The van der Waals surface area contributed by atoms with Crippen LogP contribution in [0.5, 0.6) is 5.75 Å². The van der Waals surface area contributed by atoms with Crippen molar-refractivity contribution in [2.75, 3.05) is 13.7 Å². The largest absolute Gasteiger partial charge is 0.493 e. The zero-order valence-electron chi connectivity index (χ0n) is 12.1. The molecular weight excluding hydrogens is 250 g/mol. The van der Waals surface area contributed by atoms with Crippen molar-refractivity contribution in [3.63, 3.8) is 0 Å². The van der Waals surface area contributed by atoms with E-state index < -0.39 is 5.60 Å². The number of nitrogens with zero attached hydrogens (tertiary/aromatic N) is 1. The molecule has 1 aromatic carbocycles. The minimum Gasteiger partial charge on any atom is -0.493 e. The molecule has 0 saturated carbocycles. The average Bonchev–Trinajstić information content (AvgIpc) is 2.88. The highest BCUT2D eigenvalue weighted by Gasteiger charge is 2.45. The summed E-state index contributed by atoms with van der Waals surface area (Å²) in [5.74, 6) is 1.01. The second-order valence-electron chi connectivity index (χ2n) is 6.76. The number of hydrogen-bond donors (Lipinski definition) is 1. The van der Waals surface area contributed by atoms with Crippen LogP contribution in [0.25, 0.3) is 0 Å². The van der Waals surface area contributed by atoms with E-state index in [2.05, 4.69) is 24.1 Å². The van der Waals surface area contributed by atoms with E-state index in [9.17, 15) is 5.11 Å². The lowest BCUT2D eigenvalue weighted by Crippen LogP contribution is -2.55. The van der Waals surface area contributed by atoms with Crippen molar-refractivity contribution in [3.8, 4) is 5.75 Å². The topological polar surface area (TPSA) is 32.7 Å². The zero-order valence-corrected chi connectivity index (χ0v) is 12.1. The number of aliphatic hydroxyl groups is 1. The SMILES string of the molecule is CN1C2CCCC1CC(O)(c1ccc3c(c1)CCO3)C2. The van der Waals surface area contributed by atoms with Crippen LogP contribution in [0.1, 0.15) is 43.2 Å². The van der Waals surface area contributed by atoms with Crippen LogP contribution in [0.15, 0.2) is 18.2 Å². The molecule has 0 aromatic heterocycles. The summed E-state index contributed by atoms with van der Waals surface area (Å²) in [5, 5.41) is 11.2. The molecule has 3 nitrogen and oxygen atoms in total. The van der Waals surface area contributed by atoms with Crippen LogP contribution < -0.4 is 4.74 Å². The minimum atomic E-state index is -0.639. The average molecular weight is 273 g/mol. The Kier molecular flexibility index (Phi) is 2.83. The van der Waals surface area contributed by atoms with Crippen LogP contribution >= 0.6 is 0 Å². The Morgan fingerprint density at radius 2 is 2.00 bits per heavy atom. The Labute approximate surface area is 120 Å². The fourth-order valence-electron chi connectivity index (χ4n) is 4.36. The standard InChI is InChI=1S/C17H23NO2/c1-18-14-3-2-4-15(18)11-17(19,10-14)13-5-6-16-12(9-13)7-8-20-16/h5-6,9,14-15,19H,2-4,7-8,10-11H2,1H3. The summed E-state index contributed by atoms with van der Waals surface area (Å²) in [6.45, 7) is 0.783. The first kappa shape index (κ1) is 12.7. The molecule has 4 rings (SSSR count). The Hall–Kier alpha value is -1.06. The second-order valence-corrected chi connectivity index (χ2v) is 6.76. The van der Waals surface area contributed by atoms with Crippen LogP contribution in [0.3, 0.4) is 0 Å². The van der Waals surface area contributed by atoms with Gasteiger partial charge in [0.1, 0.15) is 5.75 Å². The molecule has 2 saturated heterocycles. The van der Waals surface area contributed by atoms with Crippen molar-refractivity contribution in [1.29, 1.82) is 0 Å². The number of benzene rings is 1. The van der Waals surface area contributed by atoms with Crippen LogP contribution in [0, 0.1) is 0 Å². The monoisotopic (exact) mass is 273 g/mol. The minimum absolute atomic E-state index is 0.539. The molecule has 20 heavy (non-hydrogen) atoms. The molecule has 0 spiro atoms. The van der Waals surface area contributed by atoms with Gasteiger partial charge in [0.15, 0.2) is 0 Å². The predicted octanol–water partition coefficient (Wildman–Crippen LogP) is 2.46. The smallest absolute Gasteiger partial charge is 0.122 e. The summed E-state index contributed by atoms with van der Waals surface area (Å²) in [5.41, 5.74) is 1.73. The Balaban J connectivity index is 1.67. The Morgan fingerprint density at radius 1 is 1.25 bits per heavy atom. The van der Waals surface area contributed by atoms with Gasteiger partial charge in [-0.05, 0) is 56.0 Å². The summed E-state index contributed by atoms with van der Waals surface area (Å²) in [6.07, 6.45) is 6.49. The summed E-state index contributed by atoms with van der Waals surface area (Å²) < 4.78 is 5.58. The van der Waals surface area contributed by atoms with Crippen molar-refractivity contribution >= 4 is 0 Å². The molecule has 0 aliphatic carbocycles. The van der Waals surface area contributed by atoms with Gasteiger partial charge in [-0.15, -0.1) is 0 Å². The molecule has 2 atom stereocenters. The molecule has 1 N–H and O–H groups in total. The quantitative estimate of drug-likeness (QED) is 0.853. The third kappa shape index (κ3) is 1.87. The molecule has 3 aliphatic heterocycles. The zero-order chi connectivity index (χ0) is 13.7. The Bertz CT molecular complexity index is 514. The van der Waals surface area contributed by atoms with Crippen molar-refractivity contribution in [1.82, 2.24) is 4.90 Å². The molecule has 0 amide bonds. The number of rotatable bonds is 1. The van der Waals surface area contributed by atoms with Gasteiger partial charge in [-0.3, -0.25) is 0 Å². The van der Waals surface area contributed by atoms with Gasteiger partial charge >= 0.3 is 0 Å². The van der Waals surface area contributed by atoms with Crippen molar-refractivity contribution in [2.24, 2.45) is 0 Å². The number of piperidine rings is 2. The van der Waals surface area contributed by atoms with E-state index in [4.69, 9.17) is 4.74 Å². The fraction of sp³-hybridized carbons (Fsp3) is 0.647. The molecule has 2 unspecified atom stereocenters. The molecule has 108 valence electrons. The van der Waals surface area contributed by atoms with Gasteiger partial charge in [0, 0.05) is 18.5 Å². The lowest BCUT2D eigenvalue weighted by Gasteiger charge is -2.50. The van der Waals surface area contributed by atoms with Crippen LogP contribution in [-0.4, -0.2) is 35.7 Å². The highest BCUT2D eigenvalue weighted by atomic mass is 16.5. The van der Waals surface area contributed by atoms with Gasteiger partial charge in [-0.25, -0.2) is 0 Å². The Morgan fingerprint density at radius 3 is 2.75 bits per heavy atom. The molecule has 0 radical (unpaired) electrons. The van der Waals surface area contributed by atoms with Gasteiger partial charge in [0.05, 0.1) is 12.2 Å². The molecule has 2 bridgehead atoms. The maximum absolute atomic E-state index is 11.2. The molecule has 1 aromatic rings. The lowest BCUT2D eigenvalue weighted by atomic mass is 9.72. The summed E-state index contributed by atoms with van der Waals surface area (Å²) in [6, 6.07) is 7.38. The van der Waals surface area contributed by atoms with Gasteiger partial charge < -0.3 is 14.7 Å². The number of ether oxygens (including phenoxy) is 1. The summed E-state index contributed by atoms with van der Waals surface area (Å²) in [7, 11) is 2.23. The van der Waals surface area contributed by atoms with Gasteiger partial charge in [0.25, 0.3) is 0 Å². The normalized spacial score (nSPS) is 36.5. The van der Waals surface area contributed by atoms with E-state index in [1.807, 2.05) is 6.07 Å². The van der Waals surface area contributed by atoms with Crippen molar-refractivity contribution in [3.05, 3.63) is 29.3 Å². The summed E-state index contributed by atoms with van der Waals surface area (Å²) in [4.78, 5) is 2.49. The lowest BCUT2D eigenvalue weighted by molar-refractivity contribution is -0.0874. The highest BCUT2D eigenvalue weighted by molar-refractivity contribution is 5.42. The number of fused-ring (bicyclic) bond motifs is 3. The number of hydrogen-bond acceptors (Lipinski definition) is 3. The second kappa shape index (κ2) is 4.47. The molecule has 3 aliphatic rings. The molecule has 3 heterocycles. The van der Waals surface area contributed by atoms with E-state index in [0.717, 1.165) is 37.2 Å². The van der Waals surface area contributed by atoms with E-state index >= 15 is 0 Å². The predicted molar refractivity (Wildman–Crippen MR) is 78.0 cm³/mol. The van der Waals surface area contributed by atoms with E-state index in [0.29, 0.717) is 12.1 Å². The van der Waals surface area contributed by atoms with Crippen LogP contribution in [0.2, 0.25) is 0 Å². The first-order valence-electron chi connectivity index (χ1n) is 7.86. The van der Waals surface area contributed by atoms with Crippen LogP contribution in [-0.2, 0) is 12.0 Å². The maximum atomic E-state index is 11.2. The molecular formula is C17H23NO2. The molecule has 2 fully saturated rings. The molecule has 3 heteroatoms. The van der Waals surface area contributed by atoms with Crippen molar-refractivity contribution in [2.45, 2.75) is 56.2 Å². The van der Waals surface area contributed by atoms with E-state index in [1.54, 1.807) is 0 Å². The highest BCUT2D eigenvalue weighted by Crippen LogP contribution is 2.44. The summed E-state index contributed by atoms with van der Waals surface area (Å²) >= 11 is 0. The first-order valence-corrected chi connectivity index (χ1v) is 7.86. The third-order valence-corrected chi connectivity index (χ3v) is 5.60. The van der Waals surface area contributed by atoms with E-state index in [-0.39, 0.29) is 0 Å². The van der Waals surface area contributed by atoms with E-state index in [1.165, 1.54) is 24.8 Å². The van der Waals surface area contributed by atoms with Gasteiger partial charge in [-0.1, -0.05) is 12.5 Å². The van der Waals surface area contributed by atoms with Crippen molar-refractivity contribution < 1.29 is 9.84 Å². The third-order valence-electron chi connectivity index (χ3n) is 5.60. The first-order chi connectivity index (χ1) is 9.66. The maximum Gasteiger partial charge on any atom is 0.122 e.